The Labute approximate surface area is 231 Å². The zero-order valence-electron chi connectivity index (χ0n) is 22.3. The van der Waals surface area contributed by atoms with Crippen molar-refractivity contribution in [2.75, 3.05) is 19.7 Å². The maximum absolute atomic E-state index is 13.9. The topological polar surface area (TPSA) is 80.1 Å². The fourth-order valence-electron chi connectivity index (χ4n) is 4.96. The highest BCUT2D eigenvalue weighted by Crippen LogP contribution is 2.18. The zero-order chi connectivity index (χ0) is 28.1. The Morgan fingerprint density at radius 2 is 1.80 bits per heavy atom. The van der Waals surface area contributed by atoms with Crippen molar-refractivity contribution in [1.29, 1.82) is 0 Å². The molecule has 7 nitrogen and oxygen atoms in total. The molecule has 0 bridgehead atoms. The van der Waals surface area contributed by atoms with E-state index in [4.69, 9.17) is 9.15 Å². The highest BCUT2D eigenvalue weighted by atomic mass is 19.1. The highest BCUT2D eigenvalue weighted by molar-refractivity contribution is 5.96. The van der Waals surface area contributed by atoms with Crippen molar-refractivity contribution >= 4 is 22.8 Å². The number of ether oxygens (including phenoxy) is 1. The zero-order valence-corrected chi connectivity index (χ0v) is 22.3. The van der Waals surface area contributed by atoms with E-state index in [2.05, 4.69) is 0 Å². The van der Waals surface area contributed by atoms with E-state index in [0.717, 1.165) is 24.0 Å². The average Bonchev–Trinajstić information content (AvgIpc) is 3.47. The van der Waals surface area contributed by atoms with Crippen LogP contribution >= 0.6 is 0 Å². The molecule has 1 aliphatic heterocycles. The number of hydrogen-bond acceptors (Lipinski definition) is 5. The highest BCUT2D eigenvalue weighted by Gasteiger charge is 2.28. The van der Waals surface area contributed by atoms with E-state index in [1.165, 1.54) is 35.4 Å². The molecule has 2 amide bonds. The second kappa shape index (κ2) is 12.3. The molecule has 0 spiro atoms. The van der Waals surface area contributed by atoms with Crippen molar-refractivity contribution in [3.8, 4) is 0 Å². The minimum absolute atomic E-state index is 0.00185. The summed E-state index contributed by atoms with van der Waals surface area (Å²) in [5, 5.41) is 0.450. The van der Waals surface area contributed by atoms with Gasteiger partial charge < -0.3 is 19.0 Å². The maximum atomic E-state index is 13.9. The van der Waals surface area contributed by atoms with Crippen molar-refractivity contribution in [3.63, 3.8) is 0 Å². The van der Waals surface area contributed by atoms with Gasteiger partial charge in [-0.15, -0.1) is 0 Å². The van der Waals surface area contributed by atoms with Crippen LogP contribution in [0.15, 0.2) is 88.3 Å². The Morgan fingerprint density at radius 3 is 2.55 bits per heavy atom. The Bertz CT molecular complexity index is 1560. The third kappa shape index (κ3) is 6.46. The van der Waals surface area contributed by atoms with Gasteiger partial charge in [-0.3, -0.25) is 14.4 Å². The van der Waals surface area contributed by atoms with Crippen LogP contribution in [0, 0.1) is 12.7 Å². The van der Waals surface area contributed by atoms with Crippen molar-refractivity contribution in [2.45, 2.75) is 39.0 Å². The van der Waals surface area contributed by atoms with E-state index < -0.39 is 11.7 Å². The van der Waals surface area contributed by atoms with Crippen LogP contribution in [-0.2, 0) is 22.6 Å². The van der Waals surface area contributed by atoms with Crippen LogP contribution in [0.1, 0.15) is 39.9 Å². The molecule has 0 saturated carbocycles. The third-order valence-corrected chi connectivity index (χ3v) is 7.06. The van der Waals surface area contributed by atoms with Crippen LogP contribution in [-0.4, -0.2) is 47.4 Å². The minimum Gasteiger partial charge on any atom is -0.464 e. The second-order valence-corrected chi connectivity index (χ2v) is 10.2. The molecule has 1 aromatic heterocycles. The van der Waals surface area contributed by atoms with Gasteiger partial charge in [-0.1, -0.05) is 48.0 Å². The number of benzene rings is 3. The smallest absolute Gasteiger partial charge is 0.254 e. The SMILES string of the molecule is Cc1ccc2occ(CN(Cc3ccccc3)C(=O)CN(CC3CCCO3)C(=O)c3cccc(F)c3)c(=O)c2c1. The molecule has 1 unspecified atom stereocenters. The molecule has 8 heteroatoms. The maximum Gasteiger partial charge on any atom is 0.254 e. The van der Waals surface area contributed by atoms with Gasteiger partial charge >= 0.3 is 0 Å². The van der Waals surface area contributed by atoms with E-state index in [1.807, 2.05) is 43.3 Å². The fraction of sp³-hybridized carbons (Fsp3) is 0.281. The van der Waals surface area contributed by atoms with Gasteiger partial charge in [0.1, 0.15) is 17.9 Å². The largest absolute Gasteiger partial charge is 0.464 e. The number of halogens is 1. The van der Waals surface area contributed by atoms with Gasteiger partial charge in [-0.2, -0.15) is 0 Å². The van der Waals surface area contributed by atoms with Crippen molar-refractivity contribution in [2.24, 2.45) is 0 Å². The molecule has 3 aromatic carbocycles. The second-order valence-electron chi connectivity index (χ2n) is 10.2. The lowest BCUT2D eigenvalue weighted by Crippen LogP contribution is -2.45. The molecule has 0 N–H and O–H groups in total. The first-order valence-corrected chi connectivity index (χ1v) is 13.4. The molecule has 1 aliphatic rings. The Kier molecular flexibility index (Phi) is 8.36. The number of carbonyl (C=O) groups is 2. The van der Waals surface area contributed by atoms with Crippen molar-refractivity contribution in [1.82, 2.24) is 9.80 Å². The summed E-state index contributed by atoms with van der Waals surface area (Å²) in [7, 11) is 0. The first kappa shape index (κ1) is 27.3. The van der Waals surface area contributed by atoms with E-state index in [1.54, 1.807) is 17.0 Å². The number of aryl methyl sites for hydroxylation is 1. The Balaban J connectivity index is 1.44. The van der Waals surface area contributed by atoms with Gasteiger partial charge in [0.2, 0.25) is 5.91 Å². The molecular weight excluding hydrogens is 511 g/mol. The fourth-order valence-corrected chi connectivity index (χ4v) is 4.96. The van der Waals surface area contributed by atoms with Crippen LogP contribution in [0.3, 0.4) is 0 Å². The minimum atomic E-state index is -0.529. The summed E-state index contributed by atoms with van der Waals surface area (Å²) in [6.07, 6.45) is 2.83. The molecule has 1 fully saturated rings. The lowest BCUT2D eigenvalue weighted by atomic mass is 10.1. The molecule has 1 atom stereocenters. The quantitative estimate of drug-likeness (QED) is 0.294. The molecule has 0 radical (unpaired) electrons. The molecule has 4 aromatic rings. The summed E-state index contributed by atoms with van der Waals surface area (Å²) >= 11 is 0. The molecule has 5 rings (SSSR count). The lowest BCUT2D eigenvalue weighted by molar-refractivity contribution is -0.133. The van der Waals surface area contributed by atoms with E-state index in [-0.39, 0.29) is 49.2 Å². The van der Waals surface area contributed by atoms with Gasteiger partial charge in [0.25, 0.3) is 5.91 Å². The van der Waals surface area contributed by atoms with Gasteiger partial charge in [-0.25, -0.2) is 4.39 Å². The lowest BCUT2D eigenvalue weighted by Gasteiger charge is -2.29. The van der Waals surface area contributed by atoms with E-state index >= 15 is 0 Å². The summed E-state index contributed by atoms with van der Waals surface area (Å²) in [5.41, 5.74) is 2.57. The van der Waals surface area contributed by atoms with Gasteiger partial charge in [0.05, 0.1) is 29.9 Å². The number of amides is 2. The van der Waals surface area contributed by atoms with Gasteiger partial charge in [0, 0.05) is 25.3 Å². The molecule has 1 saturated heterocycles. The number of rotatable bonds is 9. The van der Waals surface area contributed by atoms with Gasteiger partial charge in [0.15, 0.2) is 5.43 Å². The predicted molar refractivity (Wildman–Crippen MR) is 149 cm³/mol. The number of hydrogen-bond donors (Lipinski definition) is 0. The molecule has 206 valence electrons. The normalized spacial score (nSPS) is 14.8. The van der Waals surface area contributed by atoms with Crippen LogP contribution < -0.4 is 5.43 Å². The number of carbonyl (C=O) groups excluding carboxylic acids is 2. The number of nitrogens with zero attached hydrogens (tertiary/aromatic N) is 2. The molecule has 0 aliphatic carbocycles. The summed E-state index contributed by atoms with van der Waals surface area (Å²) in [4.78, 5) is 43.6. The Hall–Kier alpha value is -4.30. The molecule has 2 heterocycles. The first-order valence-electron chi connectivity index (χ1n) is 13.4. The van der Waals surface area contributed by atoms with Crippen LogP contribution in [0.4, 0.5) is 4.39 Å². The molecule has 40 heavy (non-hydrogen) atoms. The average molecular weight is 543 g/mol. The summed E-state index contributed by atoms with van der Waals surface area (Å²) in [6, 6.07) is 20.3. The van der Waals surface area contributed by atoms with Gasteiger partial charge in [-0.05, 0) is 55.7 Å². The van der Waals surface area contributed by atoms with E-state index in [0.29, 0.717) is 23.1 Å². The monoisotopic (exact) mass is 542 g/mol. The number of fused-ring (bicyclic) bond motifs is 1. The van der Waals surface area contributed by atoms with Crippen LogP contribution in [0.25, 0.3) is 11.0 Å². The van der Waals surface area contributed by atoms with Crippen LogP contribution in [0.5, 0.6) is 0 Å². The first-order chi connectivity index (χ1) is 19.4. The van der Waals surface area contributed by atoms with Crippen molar-refractivity contribution < 1.29 is 23.1 Å². The summed E-state index contributed by atoms with van der Waals surface area (Å²) < 4.78 is 25.4. The predicted octanol–water partition coefficient (Wildman–Crippen LogP) is 5.09. The summed E-state index contributed by atoms with van der Waals surface area (Å²) in [6.45, 7) is 2.68. The van der Waals surface area contributed by atoms with Crippen LogP contribution in [0.2, 0.25) is 0 Å². The van der Waals surface area contributed by atoms with Crippen molar-refractivity contribution in [3.05, 3.63) is 117 Å². The van der Waals surface area contributed by atoms with E-state index in [9.17, 15) is 18.8 Å². The summed E-state index contributed by atoms with van der Waals surface area (Å²) in [5.74, 6) is -1.34. The third-order valence-electron chi connectivity index (χ3n) is 7.06. The molecular formula is C32H31FN2O5. The standard InChI is InChI=1S/C32H31FN2O5/c1-22-12-13-29-28(15-22)31(37)25(21-40-29)18-34(17-23-7-3-2-4-8-23)30(36)20-35(19-27-11-6-14-39-27)32(38)24-9-5-10-26(33)16-24/h2-5,7-10,12-13,15-16,21,27H,6,11,14,17-20H2,1H3. The Morgan fingerprint density at radius 1 is 0.975 bits per heavy atom.